The molecule has 8 nitrogen and oxygen atoms in total. The Labute approximate surface area is 114 Å². The lowest BCUT2D eigenvalue weighted by molar-refractivity contribution is -0.757. The fourth-order valence-corrected chi connectivity index (χ4v) is 2.05. The molecule has 1 aliphatic rings. The number of amides is 1. The van der Waals surface area contributed by atoms with Crippen molar-refractivity contribution in [3.8, 4) is 0 Å². The molecule has 0 bridgehead atoms. The molecule has 0 aromatic heterocycles. The third-order valence-corrected chi connectivity index (χ3v) is 2.81. The van der Waals surface area contributed by atoms with Crippen LogP contribution in [-0.2, 0) is 14.4 Å². The van der Waals surface area contributed by atoms with Gasteiger partial charge in [-0.05, 0) is 6.07 Å². The Bertz CT molecular complexity index is 559. The Balaban J connectivity index is 2.19. The van der Waals surface area contributed by atoms with Crippen molar-refractivity contribution in [3.63, 3.8) is 0 Å². The summed E-state index contributed by atoms with van der Waals surface area (Å²) in [5.74, 6) is -0.890. The summed E-state index contributed by atoms with van der Waals surface area (Å²) in [4.78, 5) is 38.9. The normalized spacial score (nSPS) is 16.8. The van der Waals surface area contributed by atoms with E-state index in [2.05, 4.69) is 4.84 Å². The van der Waals surface area contributed by atoms with E-state index in [1.165, 1.54) is 11.8 Å². The smallest absolute Gasteiger partial charge is 0.304 e. The quantitative estimate of drug-likeness (QED) is 0.451. The number of nitrogens with zero attached hydrogens (tertiary/aromatic N) is 2. The van der Waals surface area contributed by atoms with Crippen LogP contribution in [0.1, 0.15) is 29.1 Å². The maximum atomic E-state index is 12.2. The third kappa shape index (κ3) is 2.68. The van der Waals surface area contributed by atoms with Crippen LogP contribution in [0.4, 0.5) is 0 Å². The summed E-state index contributed by atoms with van der Waals surface area (Å²) in [7, 11) is 0. The van der Waals surface area contributed by atoms with E-state index < -0.39 is 17.3 Å². The van der Waals surface area contributed by atoms with Crippen molar-refractivity contribution in [2.24, 2.45) is 0 Å². The van der Waals surface area contributed by atoms with Crippen molar-refractivity contribution in [2.75, 3.05) is 13.2 Å². The van der Waals surface area contributed by atoms with Gasteiger partial charge in [-0.1, -0.05) is 18.2 Å². The Hall–Kier alpha value is -2.64. The van der Waals surface area contributed by atoms with Crippen LogP contribution in [0.3, 0.4) is 0 Å². The minimum absolute atomic E-state index is 0.0492. The monoisotopic (exact) mass is 280 g/mol. The molecule has 0 aliphatic carbocycles. The van der Waals surface area contributed by atoms with E-state index in [1.54, 1.807) is 24.3 Å². The van der Waals surface area contributed by atoms with E-state index in [-0.39, 0.29) is 19.1 Å². The molecule has 0 radical (unpaired) electrons. The first kappa shape index (κ1) is 13.8. The molecule has 0 fully saturated rings. The number of rotatable bonds is 5. The first-order valence-corrected chi connectivity index (χ1v) is 5.85. The summed E-state index contributed by atoms with van der Waals surface area (Å²) in [6.45, 7) is 0.897. The van der Waals surface area contributed by atoms with Crippen LogP contribution in [0.5, 0.6) is 0 Å². The van der Waals surface area contributed by atoms with Crippen LogP contribution < -0.4 is 0 Å². The highest BCUT2D eigenvalue weighted by Crippen LogP contribution is 2.34. The van der Waals surface area contributed by atoms with Gasteiger partial charge in [0.05, 0.1) is 0 Å². The molecular weight excluding hydrogens is 268 g/mol. The van der Waals surface area contributed by atoms with Gasteiger partial charge in [-0.15, -0.1) is 10.1 Å². The molecule has 1 atom stereocenters. The van der Waals surface area contributed by atoms with E-state index in [0.29, 0.717) is 11.1 Å². The van der Waals surface area contributed by atoms with Crippen molar-refractivity contribution in [1.29, 1.82) is 0 Å². The maximum Gasteiger partial charge on any atom is 0.304 e. The summed E-state index contributed by atoms with van der Waals surface area (Å²) in [6.07, 6.45) is -0.869. The lowest BCUT2D eigenvalue weighted by Gasteiger charge is -2.24. The van der Waals surface area contributed by atoms with Gasteiger partial charge in [-0.3, -0.25) is 14.5 Å². The molecule has 8 heteroatoms. The van der Waals surface area contributed by atoms with Crippen molar-refractivity contribution >= 4 is 11.9 Å². The lowest BCUT2D eigenvalue weighted by atomic mass is 10.1. The summed E-state index contributed by atoms with van der Waals surface area (Å²) in [5, 5.41) is 9.19. The van der Waals surface area contributed by atoms with Gasteiger partial charge in [0.2, 0.25) is 6.23 Å². The molecule has 0 saturated heterocycles. The van der Waals surface area contributed by atoms with Gasteiger partial charge in [-0.25, -0.2) is 0 Å². The Kier molecular flexibility index (Phi) is 3.83. The molecule has 0 saturated carbocycles. The molecule has 1 unspecified atom stereocenters. The second-order valence-corrected chi connectivity index (χ2v) is 4.10. The molecule has 1 aromatic carbocycles. The molecule has 0 N–H and O–H groups in total. The third-order valence-electron chi connectivity index (χ3n) is 2.81. The van der Waals surface area contributed by atoms with E-state index >= 15 is 0 Å². The SMILES string of the molecule is CC(=O)OC1c2ccccc2C(=O)N1CCO[N+](=O)[O-]. The zero-order valence-electron chi connectivity index (χ0n) is 10.6. The fraction of sp³-hybridized carbons (Fsp3) is 0.333. The first-order chi connectivity index (χ1) is 9.50. The number of hydrogen-bond donors (Lipinski definition) is 0. The summed E-state index contributed by atoms with van der Waals surface area (Å²) < 4.78 is 5.12. The minimum Gasteiger partial charge on any atom is -0.437 e. The van der Waals surface area contributed by atoms with Gasteiger partial charge in [0.25, 0.3) is 11.0 Å². The predicted octanol–water partition coefficient (Wildman–Crippen LogP) is 0.912. The highest BCUT2D eigenvalue weighted by Gasteiger charge is 2.38. The second kappa shape index (κ2) is 5.55. The molecule has 106 valence electrons. The summed E-state index contributed by atoms with van der Waals surface area (Å²) in [6, 6.07) is 6.70. The largest absolute Gasteiger partial charge is 0.437 e. The number of benzene rings is 1. The molecule has 1 heterocycles. The Morgan fingerprint density at radius 1 is 1.45 bits per heavy atom. The summed E-state index contributed by atoms with van der Waals surface area (Å²) >= 11 is 0. The van der Waals surface area contributed by atoms with Gasteiger partial charge in [0.15, 0.2) is 0 Å². The van der Waals surface area contributed by atoms with Crippen molar-refractivity contribution in [1.82, 2.24) is 4.90 Å². The second-order valence-electron chi connectivity index (χ2n) is 4.10. The predicted molar refractivity (Wildman–Crippen MR) is 64.9 cm³/mol. The van der Waals surface area contributed by atoms with Crippen molar-refractivity contribution in [2.45, 2.75) is 13.2 Å². The molecule has 2 rings (SSSR count). The van der Waals surface area contributed by atoms with Gasteiger partial charge in [-0.2, -0.15) is 0 Å². The Morgan fingerprint density at radius 2 is 2.15 bits per heavy atom. The van der Waals surface area contributed by atoms with Gasteiger partial charge in [0, 0.05) is 24.6 Å². The molecule has 0 spiro atoms. The first-order valence-electron chi connectivity index (χ1n) is 5.85. The molecule has 20 heavy (non-hydrogen) atoms. The van der Waals surface area contributed by atoms with Crippen LogP contribution in [0.25, 0.3) is 0 Å². The number of carbonyl (C=O) groups is 2. The number of ether oxygens (including phenoxy) is 1. The van der Waals surface area contributed by atoms with E-state index in [4.69, 9.17) is 4.74 Å². The standard InChI is InChI=1S/C12H12N2O6/c1-8(15)20-12-10-5-3-2-4-9(10)11(16)13(12)6-7-19-14(17)18/h2-5,12H,6-7H2,1H3. The van der Waals surface area contributed by atoms with Crippen LogP contribution in [0.15, 0.2) is 24.3 Å². The van der Waals surface area contributed by atoms with Crippen molar-refractivity contribution < 1.29 is 24.3 Å². The number of fused-ring (bicyclic) bond motifs is 1. The van der Waals surface area contributed by atoms with Gasteiger partial charge < -0.3 is 9.57 Å². The number of hydrogen-bond acceptors (Lipinski definition) is 6. The van der Waals surface area contributed by atoms with Gasteiger partial charge >= 0.3 is 5.97 Å². The van der Waals surface area contributed by atoms with E-state index in [0.717, 1.165) is 0 Å². The highest BCUT2D eigenvalue weighted by molar-refractivity contribution is 5.99. The van der Waals surface area contributed by atoms with E-state index in [9.17, 15) is 19.7 Å². The maximum absolute atomic E-state index is 12.2. The summed E-state index contributed by atoms with van der Waals surface area (Å²) in [5.41, 5.74) is 0.980. The average Bonchev–Trinajstić information content (AvgIpc) is 2.64. The highest BCUT2D eigenvalue weighted by atomic mass is 16.9. The average molecular weight is 280 g/mol. The van der Waals surface area contributed by atoms with Gasteiger partial charge in [0.1, 0.15) is 6.61 Å². The number of esters is 1. The lowest BCUT2D eigenvalue weighted by Crippen LogP contribution is -2.34. The zero-order chi connectivity index (χ0) is 14.7. The molecule has 1 aliphatic heterocycles. The van der Waals surface area contributed by atoms with Crippen LogP contribution >= 0.6 is 0 Å². The molecule has 1 amide bonds. The van der Waals surface area contributed by atoms with Crippen molar-refractivity contribution in [3.05, 3.63) is 45.5 Å². The minimum atomic E-state index is -0.936. The Morgan fingerprint density at radius 3 is 2.80 bits per heavy atom. The van der Waals surface area contributed by atoms with Crippen LogP contribution in [0.2, 0.25) is 0 Å². The molecule has 1 aromatic rings. The number of carbonyl (C=O) groups excluding carboxylic acids is 2. The molecular formula is C12H12N2O6. The van der Waals surface area contributed by atoms with E-state index in [1.807, 2.05) is 0 Å². The van der Waals surface area contributed by atoms with Crippen LogP contribution in [0, 0.1) is 10.1 Å². The van der Waals surface area contributed by atoms with Crippen LogP contribution in [-0.4, -0.2) is 35.0 Å². The topological polar surface area (TPSA) is 99.0 Å². The fourth-order valence-electron chi connectivity index (χ4n) is 2.05. The zero-order valence-corrected chi connectivity index (χ0v) is 10.6.